The molecule has 0 aliphatic carbocycles. The van der Waals surface area contributed by atoms with Gasteiger partial charge < -0.3 is 0 Å². The van der Waals surface area contributed by atoms with E-state index in [0.717, 1.165) is 5.56 Å². The predicted molar refractivity (Wildman–Crippen MR) is 115 cm³/mol. The van der Waals surface area contributed by atoms with Gasteiger partial charge in [-0.2, -0.15) is 0 Å². The second kappa shape index (κ2) is 9.02. The molecule has 4 aromatic rings. The Hall–Kier alpha value is -3.99. The largest absolute Gasteiger partial charge is 0.289 e. The monoisotopic (exact) mass is 430 g/mol. The fourth-order valence-electron chi connectivity index (χ4n) is 3.43. The van der Waals surface area contributed by atoms with E-state index in [9.17, 15) is 22.8 Å². The summed E-state index contributed by atoms with van der Waals surface area (Å²) in [6, 6.07) is 21.0. The first kappa shape index (κ1) is 21.2. The molecule has 0 amide bonds. The standard InChI is InChI=1S/C27H17F3O2/c28-23-7-1-17(2-8-23)13-18-14-21(26(31)19-3-9-24(29)10-4-19)16-22(15-18)27(32)20-5-11-25(30)12-6-20/h1-12,14-16H,13H2. The van der Waals surface area contributed by atoms with E-state index >= 15 is 0 Å². The van der Waals surface area contributed by atoms with Crippen molar-refractivity contribution in [2.75, 3.05) is 0 Å². The first-order valence-corrected chi connectivity index (χ1v) is 9.88. The minimum atomic E-state index is -0.459. The number of rotatable bonds is 6. The first-order chi connectivity index (χ1) is 15.4. The van der Waals surface area contributed by atoms with Gasteiger partial charge in [0.15, 0.2) is 11.6 Å². The number of hydrogen-bond donors (Lipinski definition) is 0. The van der Waals surface area contributed by atoms with E-state index in [2.05, 4.69) is 0 Å². The molecule has 0 saturated carbocycles. The molecule has 0 atom stereocenters. The first-order valence-electron chi connectivity index (χ1n) is 9.88. The smallest absolute Gasteiger partial charge is 0.193 e. The van der Waals surface area contributed by atoms with E-state index in [0.29, 0.717) is 12.0 Å². The van der Waals surface area contributed by atoms with Crippen LogP contribution in [-0.4, -0.2) is 11.6 Å². The molecule has 0 radical (unpaired) electrons. The van der Waals surface area contributed by atoms with Crippen molar-refractivity contribution in [1.29, 1.82) is 0 Å². The molecule has 2 nitrogen and oxygen atoms in total. The molecule has 0 heterocycles. The number of ketones is 2. The Balaban J connectivity index is 1.75. The molecule has 32 heavy (non-hydrogen) atoms. The second-order valence-electron chi connectivity index (χ2n) is 7.39. The van der Waals surface area contributed by atoms with Gasteiger partial charge in [0, 0.05) is 22.3 Å². The van der Waals surface area contributed by atoms with Crippen LogP contribution < -0.4 is 0 Å². The number of carbonyl (C=O) groups excluding carboxylic acids is 2. The van der Waals surface area contributed by atoms with Crippen LogP contribution in [0.1, 0.15) is 43.0 Å². The Morgan fingerprint density at radius 2 is 0.844 bits per heavy atom. The fourth-order valence-corrected chi connectivity index (χ4v) is 3.43. The average Bonchev–Trinajstić information content (AvgIpc) is 2.80. The summed E-state index contributed by atoms with van der Waals surface area (Å²) in [5.74, 6) is -2.00. The van der Waals surface area contributed by atoms with E-state index in [-0.39, 0.29) is 39.6 Å². The molecule has 5 heteroatoms. The van der Waals surface area contributed by atoms with Crippen molar-refractivity contribution < 1.29 is 22.8 Å². The molecular weight excluding hydrogens is 413 g/mol. The zero-order chi connectivity index (χ0) is 22.7. The molecule has 0 saturated heterocycles. The maximum atomic E-state index is 13.3. The summed E-state index contributed by atoms with van der Waals surface area (Å²) >= 11 is 0. The van der Waals surface area contributed by atoms with Crippen LogP contribution in [0.5, 0.6) is 0 Å². The molecule has 0 fully saturated rings. The molecule has 0 aliphatic rings. The molecule has 0 unspecified atom stereocenters. The molecule has 0 aromatic heterocycles. The maximum absolute atomic E-state index is 13.3. The van der Waals surface area contributed by atoms with Crippen LogP contribution in [-0.2, 0) is 6.42 Å². The van der Waals surface area contributed by atoms with Crippen molar-refractivity contribution in [2.24, 2.45) is 0 Å². The van der Waals surface area contributed by atoms with E-state index < -0.39 is 11.6 Å². The zero-order valence-electron chi connectivity index (χ0n) is 16.8. The van der Waals surface area contributed by atoms with Crippen LogP contribution in [0.4, 0.5) is 13.2 Å². The highest BCUT2D eigenvalue weighted by Gasteiger charge is 2.16. The van der Waals surface area contributed by atoms with Crippen molar-refractivity contribution in [1.82, 2.24) is 0 Å². The van der Waals surface area contributed by atoms with Crippen molar-refractivity contribution in [3.63, 3.8) is 0 Å². The average molecular weight is 430 g/mol. The number of halogens is 3. The van der Waals surface area contributed by atoms with Gasteiger partial charge in [-0.15, -0.1) is 0 Å². The Morgan fingerprint density at radius 3 is 1.25 bits per heavy atom. The summed E-state index contributed by atoms with van der Waals surface area (Å²) in [6.45, 7) is 0. The molecular formula is C27H17F3O2. The van der Waals surface area contributed by atoms with Gasteiger partial charge >= 0.3 is 0 Å². The van der Waals surface area contributed by atoms with Gasteiger partial charge in [-0.1, -0.05) is 12.1 Å². The minimum Gasteiger partial charge on any atom is -0.289 e. The summed E-state index contributed by atoms with van der Waals surface area (Å²) < 4.78 is 39.8. The zero-order valence-corrected chi connectivity index (χ0v) is 16.8. The van der Waals surface area contributed by atoms with E-state index in [4.69, 9.17) is 0 Å². The van der Waals surface area contributed by atoms with Crippen LogP contribution in [0.3, 0.4) is 0 Å². The van der Waals surface area contributed by atoms with Gasteiger partial charge in [0.05, 0.1) is 0 Å². The third-order valence-electron chi connectivity index (χ3n) is 5.05. The van der Waals surface area contributed by atoms with E-state index in [1.165, 1.54) is 66.7 Å². The molecule has 158 valence electrons. The summed E-state index contributed by atoms with van der Waals surface area (Å²) in [5.41, 5.74) is 2.58. The molecule has 0 bridgehead atoms. The third-order valence-corrected chi connectivity index (χ3v) is 5.05. The lowest BCUT2D eigenvalue weighted by Crippen LogP contribution is -2.08. The normalized spacial score (nSPS) is 10.7. The van der Waals surface area contributed by atoms with E-state index in [1.54, 1.807) is 24.3 Å². The molecule has 4 rings (SSSR count). The molecule has 0 spiro atoms. The highest BCUT2D eigenvalue weighted by molar-refractivity contribution is 6.13. The van der Waals surface area contributed by atoms with Crippen LogP contribution in [0.25, 0.3) is 0 Å². The van der Waals surface area contributed by atoms with Crippen LogP contribution in [0, 0.1) is 17.5 Å². The quantitative estimate of drug-likeness (QED) is 0.344. The van der Waals surface area contributed by atoms with Gasteiger partial charge in [0.1, 0.15) is 17.5 Å². The summed E-state index contributed by atoms with van der Waals surface area (Å²) in [6.07, 6.45) is 0.370. The SMILES string of the molecule is O=C(c1ccc(F)cc1)c1cc(Cc2ccc(F)cc2)cc(C(=O)c2ccc(F)cc2)c1. The summed E-state index contributed by atoms with van der Waals surface area (Å²) in [4.78, 5) is 26.1. The lowest BCUT2D eigenvalue weighted by molar-refractivity contribution is 0.103. The Bertz CT molecular complexity index is 1200. The maximum Gasteiger partial charge on any atom is 0.193 e. The van der Waals surface area contributed by atoms with Crippen molar-refractivity contribution in [3.8, 4) is 0 Å². The topological polar surface area (TPSA) is 34.1 Å². The van der Waals surface area contributed by atoms with Crippen LogP contribution in [0.15, 0.2) is 91.0 Å². The van der Waals surface area contributed by atoms with Crippen molar-refractivity contribution >= 4 is 11.6 Å². The van der Waals surface area contributed by atoms with Gasteiger partial charge in [0.25, 0.3) is 0 Å². The van der Waals surface area contributed by atoms with Gasteiger partial charge in [-0.3, -0.25) is 9.59 Å². The van der Waals surface area contributed by atoms with Gasteiger partial charge in [-0.25, -0.2) is 13.2 Å². The van der Waals surface area contributed by atoms with Crippen LogP contribution in [0.2, 0.25) is 0 Å². The Kier molecular flexibility index (Phi) is 5.99. The Morgan fingerprint density at radius 1 is 0.469 bits per heavy atom. The lowest BCUT2D eigenvalue weighted by atomic mass is 9.93. The summed E-state index contributed by atoms with van der Waals surface area (Å²) in [5, 5.41) is 0. The van der Waals surface area contributed by atoms with Crippen molar-refractivity contribution in [2.45, 2.75) is 6.42 Å². The van der Waals surface area contributed by atoms with Crippen molar-refractivity contribution in [3.05, 3.63) is 142 Å². The molecule has 4 aromatic carbocycles. The van der Waals surface area contributed by atoms with Gasteiger partial charge in [-0.05, 0) is 96.4 Å². The fraction of sp³-hybridized carbons (Fsp3) is 0.0370. The highest BCUT2D eigenvalue weighted by atomic mass is 19.1. The number of carbonyl (C=O) groups is 2. The highest BCUT2D eigenvalue weighted by Crippen LogP contribution is 2.21. The third kappa shape index (κ3) is 4.83. The van der Waals surface area contributed by atoms with E-state index in [1.807, 2.05) is 0 Å². The molecule has 0 aliphatic heterocycles. The predicted octanol–water partition coefficient (Wildman–Crippen LogP) is 6.16. The molecule has 0 N–H and O–H groups in total. The number of hydrogen-bond acceptors (Lipinski definition) is 2. The Labute approximate surface area is 183 Å². The van der Waals surface area contributed by atoms with Gasteiger partial charge in [0.2, 0.25) is 0 Å². The minimum absolute atomic E-state index is 0.265. The number of benzene rings is 4. The second-order valence-corrected chi connectivity index (χ2v) is 7.39. The summed E-state index contributed by atoms with van der Waals surface area (Å²) in [7, 11) is 0. The van der Waals surface area contributed by atoms with Crippen LogP contribution >= 0.6 is 0 Å². The lowest BCUT2D eigenvalue weighted by Gasteiger charge is -2.10.